The van der Waals surface area contributed by atoms with Crippen LogP contribution in [0.2, 0.25) is 0 Å². The number of rotatable bonds is 6. The summed E-state index contributed by atoms with van der Waals surface area (Å²) in [5.41, 5.74) is 3.71. The summed E-state index contributed by atoms with van der Waals surface area (Å²) in [4.78, 5) is 17.3. The van der Waals surface area contributed by atoms with E-state index in [1.54, 1.807) is 7.11 Å². The highest BCUT2D eigenvalue weighted by Gasteiger charge is 2.16. The van der Waals surface area contributed by atoms with Crippen molar-refractivity contribution in [2.45, 2.75) is 62.9 Å². The van der Waals surface area contributed by atoms with Crippen LogP contribution in [0.4, 0.5) is 0 Å². The van der Waals surface area contributed by atoms with Crippen molar-refractivity contribution in [1.29, 1.82) is 0 Å². The number of nitrogens with zero attached hydrogens (tertiary/aromatic N) is 3. The average Bonchev–Trinajstić information content (AvgIpc) is 3.17. The molecule has 1 aliphatic rings. The van der Waals surface area contributed by atoms with Crippen molar-refractivity contribution in [3.05, 3.63) is 42.2 Å². The van der Waals surface area contributed by atoms with Gasteiger partial charge in [0.15, 0.2) is 5.65 Å². The molecule has 31 heavy (non-hydrogen) atoms. The number of methoxy groups -OCH3 is 1. The van der Waals surface area contributed by atoms with E-state index in [9.17, 15) is 4.79 Å². The number of thioether (sulfide) groups is 1. The van der Waals surface area contributed by atoms with Crippen LogP contribution in [0.3, 0.4) is 0 Å². The number of fused-ring (bicyclic) bond motifs is 1. The van der Waals surface area contributed by atoms with Crippen LogP contribution >= 0.6 is 11.8 Å². The first kappa shape index (κ1) is 21.7. The molecule has 0 atom stereocenters. The smallest absolute Gasteiger partial charge is 0.230 e. The van der Waals surface area contributed by atoms with Gasteiger partial charge < -0.3 is 10.1 Å². The van der Waals surface area contributed by atoms with E-state index < -0.39 is 0 Å². The molecule has 7 heteroatoms. The van der Waals surface area contributed by atoms with Crippen molar-refractivity contribution in [1.82, 2.24) is 19.9 Å². The summed E-state index contributed by atoms with van der Waals surface area (Å²) in [5.74, 6) is 1.30. The first-order chi connectivity index (χ1) is 15.1. The quantitative estimate of drug-likeness (QED) is 0.432. The lowest BCUT2D eigenvalue weighted by atomic mass is 9.97. The second kappa shape index (κ2) is 10.2. The minimum absolute atomic E-state index is 0.0979. The lowest BCUT2D eigenvalue weighted by Gasteiger charge is -2.21. The average molecular weight is 439 g/mol. The van der Waals surface area contributed by atoms with Gasteiger partial charge in [0.05, 0.1) is 19.1 Å². The molecule has 0 spiro atoms. The summed E-state index contributed by atoms with van der Waals surface area (Å²) in [6.07, 6.45) is 10.3. The van der Waals surface area contributed by atoms with E-state index in [-0.39, 0.29) is 5.91 Å². The lowest BCUT2D eigenvalue weighted by Crippen LogP contribution is -2.36. The molecule has 2 heterocycles. The lowest BCUT2D eigenvalue weighted by molar-refractivity contribution is -0.119. The largest absolute Gasteiger partial charge is 0.497 e. The van der Waals surface area contributed by atoms with Gasteiger partial charge in [-0.15, -0.1) is 0 Å². The molecule has 1 fully saturated rings. The zero-order chi connectivity index (χ0) is 21.6. The van der Waals surface area contributed by atoms with E-state index >= 15 is 0 Å². The molecule has 3 aromatic rings. The molecule has 1 N–H and O–H groups in total. The van der Waals surface area contributed by atoms with Crippen LogP contribution in [0, 0.1) is 6.92 Å². The van der Waals surface area contributed by atoms with Crippen LogP contribution < -0.4 is 10.1 Å². The summed E-state index contributed by atoms with van der Waals surface area (Å²) >= 11 is 1.51. The number of amides is 1. The Hall–Kier alpha value is -2.54. The first-order valence-corrected chi connectivity index (χ1v) is 12.0. The van der Waals surface area contributed by atoms with Crippen molar-refractivity contribution in [3.8, 4) is 16.9 Å². The van der Waals surface area contributed by atoms with Crippen molar-refractivity contribution >= 4 is 23.3 Å². The second-order valence-corrected chi connectivity index (χ2v) is 9.15. The first-order valence-electron chi connectivity index (χ1n) is 11.1. The van der Waals surface area contributed by atoms with Crippen LogP contribution in [0.25, 0.3) is 16.8 Å². The summed E-state index contributed by atoms with van der Waals surface area (Å²) in [6, 6.07) is 10.2. The molecule has 1 saturated carbocycles. The topological polar surface area (TPSA) is 68.5 Å². The van der Waals surface area contributed by atoms with Crippen LogP contribution in [0.15, 0.2) is 41.6 Å². The number of carbonyl (C=O) groups excluding carboxylic acids is 1. The van der Waals surface area contributed by atoms with Crippen molar-refractivity contribution in [3.63, 3.8) is 0 Å². The second-order valence-electron chi connectivity index (χ2n) is 8.16. The number of aryl methyl sites for hydroxylation is 1. The van der Waals surface area contributed by atoms with Crippen LogP contribution in [-0.2, 0) is 4.79 Å². The Balaban J connectivity index is 1.47. The van der Waals surface area contributed by atoms with Gasteiger partial charge in [0, 0.05) is 17.3 Å². The minimum Gasteiger partial charge on any atom is -0.497 e. The highest BCUT2D eigenvalue weighted by molar-refractivity contribution is 7.99. The monoisotopic (exact) mass is 438 g/mol. The van der Waals surface area contributed by atoms with Gasteiger partial charge in [-0.25, -0.2) is 9.50 Å². The zero-order valence-corrected chi connectivity index (χ0v) is 19.1. The Bertz CT molecular complexity index is 1020. The number of aromatic nitrogens is 3. The molecule has 2 aromatic heterocycles. The van der Waals surface area contributed by atoms with Gasteiger partial charge in [0.1, 0.15) is 10.8 Å². The number of nitrogens with one attached hydrogen (secondary N) is 1. The van der Waals surface area contributed by atoms with Gasteiger partial charge in [-0.05, 0) is 43.5 Å². The standard InChI is InChI=1S/C24H30N4O2S/c1-17-14-23(31-16-22(29)27-19-8-6-4-3-5-7-9-19)28-24(26-17)21(15-25-28)18-10-12-20(30-2)13-11-18/h10-15,19H,3-9,16H2,1-2H3,(H,27,29). The highest BCUT2D eigenvalue weighted by atomic mass is 32.2. The molecule has 1 amide bonds. The SMILES string of the molecule is COc1ccc(-c2cnn3c(SCC(=O)NC4CCCCCCC4)cc(C)nc23)cc1. The number of benzene rings is 1. The molecule has 6 nitrogen and oxygen atoms in total. The fourth-order valence-corrected chi connectivity index (χ4v) is 5.01. The Morgan fingerprint density at radius 2 is 1.87 bits per heavy atom. The maximum absolute atomic E-state index is 12.6. The van der Waals surface area contributed by atoms with E-state index in [4.69, 9.17) is 9.72 Å². The number of hydrogen-bond donors (Lipinski definition) is 1. The van der Waals surface area contributed by atoms with Gasteiger partial charge in [-0.1, -0.05) is 56.0 Å². The van der Waals surface area contributed by atoms with Gasteiger partial charge in [-0.3, -0.25) is 4.79 Å². The van der Waals surface area contributed by atoms with E-state index in [0.29, 0.717) is 11.8 Å². The molecule has 0 radical (unpaired) electrons. The van der Waals surface area contributed by atoms with Crippen LogP contribution in [-0.4, -0.2) is 39.4 Å². The Morgan fingerprint density at radius 3 is 2.58 bits per heavy atom. The molecule has 4 rings (SSSR count). The predicted octanol–water partition coefficient (Wildman–Crippen LogP) is 5.03. The molecular weight excluding hydrogens is 408 g/mol. The van der Waals surface area contributed by atoms with E-state index in [1.807, 2.05) is 48.0 Å². The predicted molar refractivity (Wildman–Crippen MR) is 125 cm³/mol. The molecule has 0 unspecified atom stereocenters. The molecular formula is C24H30N4O2S. The maximum atomic E-state index is 12.6. The van der Waals surface area contributed by atoms with Crippen molar-refractivity contribution in [2.75, 3.05) is 12.9 Å². The third-order valence-electron chi connectivity index (χ3n) is 5.79. The third kappa shape index (κ3) is 5.39. The summed E-state index contributed by atoms with van der Waals surface area (Å²) in [7, 11) is 1.66. The molecule has 0 saturated heterocycles. The van der Waals surface area contributed by atoms with Crippen LogP contribution in [0.5, 0.6) is 5.75 Å². The third-order valence-corrected chi connectivity index (χ3v) is 6.78. The maximum Gasteiger partial charge on any atom is 0.230 e. The summed E-state index contributed by atoms with van der Waals surface area (Å²) in [5, 5.41) is 8.74. The molecule has 0 aliphatic heterocycles. The Labute approximate surface area is 187 Å². The number of carbonyl (C=O) groups is 1. The fraction of sp³-hybridized carbons (Fsp3) is 0.458. The fourth-order valence-electron chi connectivity index (χ4n) is 4.14. The van der Waals surface area contributed by atoms with Gasteiger partial charge in [-0.2, -0.15) is 5.10 Å². The molecule has 1 aromatic carbocycles. The highest BCUT2D eigenvalue weighted by Crippen LogP contribution is 2.29. The summed E-state index contributed by atoms with van der Waals surface area (Å²) in [6.45, 7) is 1.98. The Morgan fingerprint density at radius 1 is 1.16 bits per heavy atom. The number of ether oxygens (including phenoxy) is 1. The van der Waals surface area contributed by atoms with Crippen molar-refractivity contribution < 1.29 is 9.53 Å². The minimum atomic E-state index is 0.0979. The summed E-state index contributed by atoms with van der Waals surface area (Å²) < 4.78 is 7.09. The number of hydrogen-bond acceptors (Lipinski definition) is 5. The van der Waals surface area contributed by atoms with E-state index in [2.05, 4.69) is 10.4 Å². The van der Waals surface area contributed by atoms with Crippen molar-refractivity contribution in [2.24, 2.45) is 0 Å². The van der Waals surface area contributed by atoms with Gasteiger partial charge in [0.2, 0.25) is 5.91 Å². The van der Waals surface area contributed by atoms with Gasteiger partial charge >= 0.3 is 0 Å². The van der Waals surface area contributed by atoms with Gasteiger partial charge in [0.25, 0.3) is 0 Å². The molecule has 1 aliphatic carbocycles. The Kier molecular flexibility index (Phi) is 7.12. The normalized spacial score (nSPS) is 15.4. The zero-order valence-electron chi connectivity index (χ0n) is 18.3. The van der Waals surface area contributed by atoms with E-state index in [1.165, 1.54) is 43.9 Å². The molecule has 164 valence electrons. The molecule has 0 bridgehead atoms. The van der Waals surface area contributed by atoms with Crippen LogP contribution in [0.1, 0.15) is 50.6 Å². The van der Waals surface area contributed by atoms with E-state index in [0.717, 1.165) is 46.1 Å².